The quantitative estimate of drug-likeness (QED) is 0.795. The van der Waals surface area contributed by atoms with Gasteiger partial charge in [0.25, 0.3) is 0 Å². The minimum absolute atomic E-state index is 0.635. The Hall–Kier alpha value is -0.930. The van der Waals surface area contributed by atoms with Crippen LogP contribution in [-0.4, -0.2) is 42.1 Å². The van der Waals surface area contributed by atoms with Crippen LogP contribution in [0.3, 0.4) is 0 Å². The van der Waals surface area contributed by atoms with E-state index in [4.69, 9.17) is 0 Å². The van der Waals surface area contributed by atoms with Gasteiger partial charge >= 0.3 is 0 Å². The summed E-state index contributed by atoms with van der Waals surface area (Å²) in [7, 11) is 0. The predicted octanol–water partition coefficient (Wildman–Crippen LogP) is 0.918. The number of piperazine rings is 1. The second-order valence-corrected chi connectivity index (χ2v) is 4.26. The van der Waals surface area contributed by atoms with Gasteiger partial charge < -0.3 is 10.2 Å². The smallest absolute Gasteiger partial charge is 0.0270 e. The van der Waals surface area contributed by atoms with E-state index < -0.39 is 0 Å². The van der Waals surface area contributed by atoms with E-state index in [0.717, 1.165) is 19.5 Å². The first-order valence-electron chi connectivity index (χ1n) is 5.69. The zero-order valence-corrected chi connectivity index (χ0v) is 9.32. The first-order valence-corrected chi connectivity index (χ1v) is 5.69. The maximum Gasteiger partial charge on any atom is 0.0270 e. The Bertz CT molecular complexity index is 286. The van der Waals surface area contributed by atoms with Gasteiger partial charge in [-0.25, -0.2) is 0 Å². The van der Waals surface area contributed by atoms with Gasteiger partial charge in [-0.1, -0.05) is 0 Å². The Morgan fingerprint density at radius 2 is 2.27 bits per heavy atom. The highest BCUT2D eigenvalue weighted by Crippen LogP contribution is 2.03. The minimum atomic E-state index is 0.635. The van der Waals surface area contributed by atoms with Crippen LogP contribution in [0.2, 0.25) is 0 Å². The monoisotopic (exact) mass is 205 g/mol. The SMILES string of the molecule is C[C@@H]1CN(CCc2ccncc2)CCN1. The molecule has 0 amide bonds. The van der Waals surface area contributed by atoms with E-state index in [2.05, 4.69) is 34.3 Å². The molecule has 1 aromatic rings. The second kappa shape index (κ2) is 5.24. The van der Waals surface area contributed by atoms with Crippen molar-refractivity contribution >= 4 is 0 Å². The lowest BCUT2D eigenvalue weighted by molar-refractivity contribution is 0.209. The summed E-state index contributed by atoms with van der Waals surface area (Å²) in [6.45, 7) is 6.88. The zero-order chi connectivity index (χ0) is 10.5. The van der Waals surface area contributed by atoms with Crippen molar-refractivity contribution in [1.29, 1.82) is 0 Å². The van der Waals surface area contributed by atoms with Gasteiger partial charge in [-0.15, -0.1) is 0 Å². The Kier molecular flexibility index (Phi) is 3.69. The molecule has 1 aliphatic heterocycles. The minimum Gasteiger partial charge on any atom is -0.312 e. The summed E-state index contributed by atoms with van der Waals surface area (Å²) in [6.07, 6.45) is 4.88. The van der Waals surface area contributed by atoms with Crippen LogP contribution in [0.15, 0.2) is 24.5 Å². The van der Waals surface area contributed by atoms with Crippen LogP contribution in [-0.2, 0) is 6.42 Å². The van der Waals surface area contributed by atoms with Crippen molar-refractivity contribution in [3.8, 4) is 0 Å². The first-order chi connectivity index (χ1) is 7.34. The Labute approximate surface area is 91.5 Å². The van der Waals surface area contributed by atoms with Gasteiger partial charge in [-0.3, -0.25) is 4.98 Å². The van der Waals surface area contributed by atoms with E-state index in [9.17, 15) is 0 Å². The van der Waals surface area contributed by atoms with Crippen LogP contribution >= 0.6 is 0 Å². The number of rotatable bonds is 3. The van der Waals surface area contributed by atoms with Crippen LogP contribution in [0.4, 0.5) is 0 Å². The highest BCUT2D eigenvalue weighted by atomic mass is 15.2. The number of aromatic nitrogens is 1. The van der Waals surface area contributed by atoms with Crippen LogP contribution < -0.4 is 5.32 Å². The number of hydrogen-bond acceptors (Lipinski definition) is 3. The molecule has 1 fully saturated rings. The molecule has 0 aromatic carbocycles. The molecule has 0 saturated carbocycles. The van der Waals surface area contributed by atoms with E-state index in [-0.39, 0.29) is 0 Å². The first kappa shape index (κ1) is 10.6. The van der Waals surface area contributed by atoms with Gasteiger partial charge in [-0.2, -0.15) is 0 Å². The Morgan fingerprint density at radius 1 is 1.47 bits per heavy atom. The standard InChI is InChI=1S/C12H19N3/c1-11-10-15(9-7-14-11)8-4-12-2-5-13-6-3-12/h2-3,5-6,11,14H,4,7-10H2,1H3/t11-/m1/s1. The molecule has 3 heteroatoms. The molecule has 2 heterocycles. The van der Waals surface area contributed by atoms with Crippen LogP contribution in [0, 0.1) is 0 Å². The number of nitrogens with zero attached hydrogens (tertiary/aromatic N) is 2. The zero-order valence-electron chi connectivity index (χ0n) is 9.32. The van der Waals surface area contributed by atoms with Gasteiger partial charge in [0.15, 0.2) is 0 Å². The fourth-order valence-electron chi connectivity index (χ4n) is 2.05. The van der Waals surface area contributed by atoms with Gasteiger partial charge in [0.1, 0.15) is 0 Å². The van der Waals surface area contributed by atoms with Gasteiger partial charge in [0.2, 0.25) is 0 Å². The Balaban J connectivity index is 1.78. The molecule has 0 radical (unpaired) electrons. The molecule has 1 aromatic heterocycles. The van der Waals surface area contributed by atoms with Gasteiger partial charge in [0.05, 0.1) is 0 Å². The number of nitrogens with one attached hydrogen (secondary N) is 1. The summed E-state index contributed by atoms with van der Waals surface area (Å²) in [5, 5.41) is 3.46. The normalized spacial score (nSPS) is 22.9. The summed E-state index contributed by atoms with van der Waals surface area (Å²) < 4.78 is 0. The van der Waals surface area contributed by atoms with Crippen molar-refractivity contribution in [1.82, 2.24) is 15.2 Å². The average molecular weight is 205 g/mol. The number of pyridine rings is 1. The molecule has 3 nitrogen and oxygen atoms in total. The van der Waals surface area contributed by atoms with Crippen molar-refractivity contribution in [3.05, 3.63) is 30.1 Å². The van der Waals surface area contributed by atoms with E-state index in [1.807, 2.05) is 12.4 Å². The molecule has 15 heavy (non-hydrogen) atoms. The maximum atomic E-state index is 4.03. The largest absolute Gasteiger partial charge is 0.312 e. The summed E-state index contributed by atoms with van der Waals surface area (Å²) in [5.41, 5.74) is 1.39. The van der Waals surface area contributed by atoms with E-state index in [0.29, 0.717) is 6.04 Å². The lowest BCUT2D eigenvalue weighted by Gasteiger charge is -2.31. The van der Waals surface area contributed by atoms with Crippen molar-refractivity contribution in [2.24, 2.45) is 0 Å². The molecule has 2 rings (SSSR count). The predicted molar refractivity (Wildman–Crippen MR) is 61.8 cm³/mol. The summed E-state index contributed by atoms with van der Waals surface area (Å²) in [5.74, 6) is 0. The number of hydrogen-bond donors (Lipinski definition) is 1. The van der Waals surface area contributed by atoms with Gasteiger partial charge in [0, 0.05) is 44.6 Å². The van der Waals surface area contributed by atoms with Crippen molar-refractivity contribution in [2.45, 2.75) is 19.4 Å². The van der Waals surface area contributed by atoms with Crippen molar-refractivity contribution in [3.63, 3.8) is 0 Å². The molecular formula is C12H19N3. The topological polar surface area (TPSA) is 28.2 Å². The third kappa shape index (κ3) is 3.29. The molecule has 0 bridgehead atoms. The molecule has 1 saturated heterocycles. The van der Waals surface area contributed by atoms with Crippen molar-refractivity contribution in [2.75, 3.05) is 26.2 Å². The van der Waals surface area contributed by atoms with Crippen LogP contribution in [0.1, 0.15) is 12.5 Å². The van der Waals surface area contributed by atoms with Crippen molar-refractivity contribution < 1.29 is 0 Å². The lowest BCUT2D eigenvalue weighted by Crippen LogP contribution is -2.49. The third-order valence-corrected chi connectivity index (χ3v) is 2.92. The van der Waals surface area contributed by atoms with E-state index in [1.165, 1.54) is 18.7 Å². The molecule has 0 unspecified atom stereocenters. The van der Waals surface area contributed by atoms with Gasteiger partial charge in [-0.05, 0) is 31.0 Å². The second-order valence-electron chi connectivity index (χ2n) is 4.26. The fourth-order valence-corrected chi connectivity index (χ4v) is 2.05. The molecule has 1 atom stereocenters. The molecule has 82 valence electrons. The van der Waals surface area contributed by atoms with E-state index in [1.54, 1.807) is 0 Å². The van der Waals surface area contributed by atoms with Crippen LogP contribution in [0.5, 0.6) is 0 Å². The van der Waals surface area contributed by atoms with E-state index >= 15 is 0 Å². The van der Waals surface area contributed by atoms with Crippen LogP contribution in [0.25, 0.3) is 0 Å². The molecule has 0 spiro atoms. The molecule has 1 N–H and O–H groups in total. The highest BCUT2D eigenvalue weighted by molar-refractivity contribution is 5.09. The molecular weight excluding hydrogens is 186 g/mol. The summed E-state index contributed by atoms with van der Waals surface area (Å²) in [4.78, 5) is 6.56. The maximum absolute atomic E-state index is 4.03. The fraction of sp³-hybridized carbons (Fsp3) is 0.583. The average Bonchev–Trinajstić information content (AvgIpc) is 2.28. The summed E-state index contributed by atoms with van der Waals surface area (Å²) >= 11 is 0. The third-order valence-electron chi connectivity index (χ3n) is 2.92. The Morgan fingerprint density at radius 3 is 3.00 bits per heavy atom. The lowest BCUT2D eigenvalue weighted by atomic mass is 10.1. The molecule has 0 aliphatic carbocycles. The highest BCUT2D eigenvalue weighted by Gasteiger charge is 2.14. The summed E-state index contributed by atoms with van der Waals surface area (Å²) in [6, 6.07) is 4.84. The molecule has 1 aliphatic rings.